The molecule has 7 heteroatoms. The van der Waals surface area contributed by atoms with Crippen LogP contribution in [0.15, 0.2) is 46.3 Å². The van der Waals surface area contributed by atoms with Crippen LogP contribution in [-0.2, 0) is 19.1 Å². The van der Waals surface area contributed by atoms with E-state index in [0.29, 0.717) is 0 Å². The van der Waals surface area contributed by atoms with E-state index in [1.54, 1.807) is 0 Å². The molecule has 0 unspecified atom stereocenters. The van der Waals surface area contributed by atoms with Gasteiger partial charge < -0.3 is 14.4 Å². The molecule has 1 aromatic carbocycles. The van der Waals surface area contributed by atoms with Gasteiger partial charge >= 0.3 is 11.9 Å². The zero-order chi connectivity index (χ0) is 18.8. The molecule has 0 saturated carbocycles. The van der Waals surface area contributed by atoms with Crippen LogP contribution in [0.4, 0.5) is 0 Å². The number of benzene rings is 1. The van der Waals surface area contributed by atoms with Gasteiger partial charge in [-0.25, -0.2) is 0 Å². The number of amidine groups is 1. The minimum atomic E-state index is -0.720. The molecule has 0 saturated heterocycles. The van der Waals surface area contributed by atoms with Crippen molar-refractivity contribution in [3.05, 3.63) is 46.9 Å². The topological polar surface area (TPSA) is 68.2 Å². The summed E-state index contributed by atoms with van der Waals surface area (Å²) < 4.78 is 10.1. The molecule has 0 spiro atoms. The van der Waals surface area contributed by atoms with Crippen molar-refractivity contribution in [1.29, 1.82) is 0 Å². The van der Waals surface area contributed by atoms with E-state index in [4.69, 9.17) is 9.47 Å². The van der Waals surface area contributed by atoms with Crippen molar-refractivity contribution >= 4 is 28.9 Å². The SMILES string of the molecule is COC(=O)[C@@H]1[C@@H](C(=O)OC)[C@H](c2ccccc2)C=C2SC(N(C)C)=N[C@@H]21. The lowest BCUT2D eigenvalue weighted by Gasteiger charge is -2.35. The first-order chi connectivity index (χ1) is 12.5. The number of hydrogen-bond donors (Lipinski definition) is 0. The summed E-state index contributed by atoms with van der Waals surface area (Å²) in [7, 11) is 6.49. The van der Waals surface area contributed by atoms with Gasteiger partial charge in [0.1, 0.15) is 0 Å². The van der Waals surface area contributed by atoms with Crippen LogP contribution in [0.2, 0.25) is 0 Å². The van der Waals surface area contributed by atoms with E-state index in [1.165, 1.54) is 26.0 Å². The molecule has 4 atom stereocenters. The number of nitrogens with zero attached hydrogens (tertiary/aromatic N) is 2. The number of fused-ring (bicyclic) bond motifs is 1. The average Bonchev–Trinajstić information content (AvgIpc) is 3.10. The summed E-state index contributed by atoms with van der Waals surface area (Å²) in [5, 5.41) is 0.812. The number of allylic oxidation sites excluding steroid dienone is 1. The molecule has 138 valence electrons. The summed E-state index contributed by atoms with van der Waals surface area (Å²) in [5.74, 6) is -2.55. The number of ether oxygens (including phenoxy) is 2. The lowest BCUT2D eigenvalue weighted by atomic mass is 9.70. The van der Waals surface area contributed by atoms with Gasteiger partial charge in [-0.1, -0.05) is 48.2 Å². The highest BCUT2D eigenvalue weighted by Gasteiger charge is 2.51. The predicted octanol–water partition coefficient (Wildman–Crippen LogP) is 2.28. The van der Waals surface area contributed by atoms with Crippen LogP contribution in [0, 0.1) is 11.8 Å². The summed E-state index contributed by atoms with van der Waals surface area (Å²) in [6, 6.07) is 9.26. The van der Waals surface area contributed by atoms with Crippen LogP contribution in [0.25, 0.3) is 0 Å². The van der Waals surface area contributed by atoms with Crippen LogP contribution in [0.1, 0.15) is 11.5 Å². The molecular formula is C19H22N2O4S. The molecule has 0 aromatic heterocycles. The second-order valence-electron chi connectivity index (χ2n) is 6.46. The van der Waals surface area contributed by atoms with Gasteiger partial charge in [-0.3, -0.25) is 14.6 Å². The Bertz CT molecular complexity index is 760. The highest BCUT2D eigenvalue weighted by atomic mass is 32.2. The van der Waals surface area contributed by atoms with Crippen molar-refractivity contribution in [3.63, 3.8) is 0 Å². The molecule has 2 aliphatic rings. The van der Waals surface area contributed by atoms with Crippen molar-refractivity contribution in [1.82, 2.24) is 4.90 Å². The van der Waals surface area contributed by atoms with Crippen LogP contribution in [0.3, 0.4) is 0 Å². The molecule has 6 nitrogen and oxygen atoms in total. The molecule has 0 amide bonds. The van der Waals surface area contributed by atoms with E-state index >= 15 is 0 Å². The molecule has 1 aliphatic heterocycles. The second-order valence-corrected chi connectivity index (χ2v) is 7.50. The van der Waals surface area contributed by atoms with Gasteiger partial charge in [0.2, 0.25) is 0 Å². The van der Waals surface area contributed by atoms with E-state index in [0.717, 1.165) is 15.6 Å². The second kappa shape index (κ2) is 7.53. The molecule has 0 bridgehead atoms. The normalized spacial score (nSPS) is 27.1. The van der Waals surface area contributed by atoms with Crippen LogP contribution in [-0.4, -0.2) is 56.4 Å². The third-order valence-electron chi connectivity index (χ3n) is 4.72. The zero-order valence-electron chi connectivity index (χ0n) is 15.2. The Morgan fingerprint density at radius 1 is 1.04 bits per heavy atom. The Balaban J connectivity index is 2.13. The molecule has 0 N–H and O–H groups in total. The number of carbonyl (C=O) groups is 2. The van der Waals surface area contributed by atoms with E-state index in [1.807, 2.05) is 55.4 Å². The number of methoxy groups -OCH3 is 2. The minimum absolute atomic E-state index is 0.275. The fourth-order valence-corrected chi connectivity index (χ4v) is 4.59. The predicted molar refractivity (Wildman–Crippen MR) is 101 cm³/mol. The van der Waals surface area contributed by atoms with Gasteiger partial charge in [-0.15, -0.1) is 0 Å². The first kappa shape index (κ1) is 18.5. The minimum Gasteiger partial charge on any atom is -0.469 e. The highest BCUT2D eigenvalue weighted by Crippen LogP contribution is 2.49. The van der Waals surface area contributed by atoms with Gasteiger partial charge in [0, 0.05) is 24.9 Å². The fourth-order valence-electron chi connectivity index (χ4n) is 3.49. The average molecular weight is 374 g/mol. The van der Waals surface area contributed by atoms with E-state index < -0.39 is 29.8 Å². The lowest BCUT2D eigenvalue weighted by Crippen LogP contribution is -2.44. The fraction of sp³-hybridized carbons (Fsp3) is 0.421. The Kier molecular flexibility index (Phi) is 5.36. The number of thioether (sulfide) groups is 1. The molecule has 1 aromatic rings. The van der Waals surface area contributed by atoms with E-state index in [2.05, 4.69) is 4.99 Å². The summed E-state index contributed by atoms with van der Waals surface area (Å²) in [4.78, 5) is 32.9. The van der Waals surface area contributed by atoms with Crippen molar-refractivity contribution in [2.75, 3.05) is 28.3 Å². The number of hydrogen-bond acceptors (Lipinski definition) is 7. The Labute approximate surface area is 157 Å². The molecule has 3 rings (SSSR count). The van der Waals surface area contributed by atoms with Crippen LogP contribution in [0.5, 0.6) is 0 Å². The number of carbonyl (C=O) groups excluding carboxylic acids is 2. The Morgan fingerprint density at radius 3 is 2.23 bits per heavy atom. The summed E-state index contributed by atoms with van der Waals surface area (Å²) in [6.07, 6.45) is 2.05. The molecule has 1 heterocycles. The number of rotatable bonds is 3. The number of aliphatic imine (C=N–C) groups is 1. The van der Waals surface area contributed by atoms with Gasteiger partial charge in [0.25, 0.3) is 0 Å². The first-order valence-corrected chi connectivity index (χ1v) is 9.14. The third-order valence-corrected chi connectivity index (χ3v) is 5.99. The Morgan fingerprint density at radius 2 is 1.65 bits per heavy atom. The maximum Gasteiger partial charge on any atom is 0.312 e. The highest BCUT2D eigenvalue weighted by molar-refractivity contribution is 8.17. The quantitative estimate of drug-likeness (QED) is 0.756. The van der Waals surface area contributed by atoms with Gasteiger partial charge in [-0.05, 0) is 5.56 Å². The van der Waals surface area contributed by atoms with E-state index in [-0.39, 0.29) is 5.92 Å². The van der Waals surface area contributed by atoms with Crippen LogP contribution >= 0.6 is 11.8 Å². The Hall–Kier alpha value is -2.28. The van der Waals surface area contributed by atoms with E-state index in [9.17, 15) is 9.59 Å². The number of esters is 2. The first-order valence-electron chi connectivity index (χ1n) is 8.33. The third kappa shape index (κ3) is 3.23. The summed E-state index contributed by atoms with van der Waals surface area (Å²) in [6.45, 7) is 0. The van der Waals surface area contributed by atoms with Crippen molar-refractivity contribution in [3.8, 4) is 0 Å². The molecule has 0 fully saturated rings. The maximum atomic E-state index is 12.7. The molecular weight excluding hydrogens is 352 g/mol. The van der Waals surface area contributed by atoms with Crippen LogP contribution < -0.4 is 0 Å². The van der Waals surface area contributed by atoms with Crippen molar-refractivity contribution in [2.24, 2.45) is 16.8 Å². The van der Waals surface area contributed by atoms with Gasteiger partial charge in [-0.2, -0.15) is 0 Å². The molecule has 1 aliphatic carbocycles. The van der Waals surface area contributed by atoms with Gasteiger partial charge in [0.15, 0.2) is 5.17 Å². The molecule has 26 heavy (non-hydrogen) atoms. The summed E-state index contributed by atoms with van der Waals surface area (Å²) in [5.41, 5.74) is 0.960. The van der Waals surface area contributed by atoms with Crippen molar-refractivity contribution in [2.45, 2.75) is 12.0 Å². The monoisotopic (exact) mass is 374 g/mol. The lowest BCUT2D eigenvalue weighted by molar-refractivity contribution is -0.159. The molecule has 0 radical (unpaired) electrons. The largest absolute Gasteiger partial charge is 0.469 e. The smallest absolute Gasteiger partial charge is 0.312 e. The van der Waals surface area contributed by atoms with Crippen molar-refractivity contribution < 1.29 is 19.1 Å². The standard InChI is InChI=1S/C19H22N2O4S/c1-21(2)19-20-16-13(26-19)10-12(11-8-6-5-7-9-11)14(17(22)24-3)15(16)18(23)25-4/h5-10,12,14-16H,1-4H3/t12-,14-,15+,16-/m0/s1. The summed E-state index contributed by atoms with van der Waals surface area (Å²) >= 11 is 1.53. The van der Waals surface area contributed by atoms with Gasteiger partial charge in [0.05, 0.1) is 32.1 Å². The zero-order valence-corrected chi connectivity index (χ0v) is 16.0. The maximum absolute atomic E-state index is 12.7.